The van der Waals surface area contributed by atoms with Gasteiger partial charge in [-0.25, -0.2) is 17.7 Å². The predicted molar refractivity (Wildman–Crippen MR) is 90.1 cm³/mol. The van der Waals surface area contributed by atoms with Crippen molar-refractivity contribution in [3.63, 3.8) is 0 Å². The monoisotopic (exact) mass is 399 g/mol. The molecule has 4 nitrogen and oxygen atoms in total. The van der Waals surface area contributed by atoms with Gasteiger partial charge < -0.3 is 5.11 Å². The number of halogens is 3. The second-order valence-electron chi connectivity index (χ2n) is 5.81. The van der Waals surface area contributed by atoms with Crippen molar-refractivity contribution in [2.24, 2.45) is 0 Å². The van der Waals surface area contributed by atoms with Crippen molar-refractivity contribution in [2.75, 3.05) is 6.26 Å². The van der Waals surface area contributed by atoms with Crippen LogP contribution in [0.2, 0.25) is 0 Å². The largest absolute Gasteiger partial charge is 0.382 e. The summed E-state index contributed by atoms with van der Waals surface area (Å²) in [7, 11) is -3.94. The Hall–Kier alpha value is -2.02. The van der Waals surface area contributed by atoms with Crippen LogP contribution in [0.1, 0.15) is 23.4 Å². The van der Waals surface area contributed by atoms with Gasteiger partial charge in [-0.3, -0.25) is 0 Å². The van der Waals surface area contributed by atoms with Gasteiger partial charge in [0.2, 0.25) is 0 Å². The quantitative estimate of drug-likeness (QED) is 0.773. The van der Waals surface area contributed by atoms with Crippen molar-refractivity contribution in [1.82, 2.24) is 0 Å². The molecule has 26 heavy (non-hydrogen) atoms. The fourth-order valence-corrected chi connectivity index (χ4v) is 4.80. The molecular formula is C17H12F3NO3S2. The topological polar surface area (TPSA) is 58.7 Å². The van der Waals surface area contributed by atoms with E-state index >= 15 is 0 Å². The molecule has 2 atom stereocenters. The van der Waals surface area contributed by atoms with E-state index in [4.69, 9.17) is 6.57 Å². The Kier molecular flexibility index (Phi) is 4.55. The van der Waals surface area contributed by atoms with Crippen molar-refractivity contribution < 1.29 is 26.7 Å². The highest BCUT2D eigenvalue weighted by Crippen LogP contribution is 2.57. The summed E-state index contributed by atoms with van der Waals surface area (Å²) in [6, 6.07) is 8.61. The summed E-state index contributed by atoms with van der Waals surface area (Å²) >= 11 is 0.926. The molecule has 0 fully saturated rings. The zero-order chi connectivity index (χ0) is 19.3. The first kappa shape index (κ1) is 18.8. The molecule has 0 saturated heterocycles. The van der Waals surface area contributed by atoms with Crippen LogP contribution in [-0.2, 0) is 9.84 Å². The fourth-order valence-electron chi connectivity index (χ4n) is 2.82. The van der Waals surface area contributed by atoms with Gasteiger partial charge in [0.1, 0.15) is 6.10 Å². The van der Waals surface area contributed by atoms with Crippen LogP contribution in [0.25, 0.3) is 4.85 Å². The van der Waals surface area contributed by atoms with Crippen LogP contribution >= 0.6 is 11.8 Å². The van der Waals surface area contributed by atoms with E-state index < -0.39 is 44.1 Å². The van der Waals surface area contributed by atoms with Crippen LogP contribution in [-0.4, -0.2) is 25.7 Å². The van der Waals surface area contributed by atoms with Gasteiger partial charge in [0.15, 0.2) is 21.7 Å². The SMILES string of the molecule is [C-]#[N+]c1cccc(Sc2ccc(S(C)(=O)=O)c3c2[C@@H](F)C(F)(F)[C@H]3O)c1. The third-order valence-corrected chi connectivity index (χ3v) is 6.23. The summed E-state index contributed by atoms with van der Waals surface area (Å²) in [5, 5.41) is 9.89. The van der Waals surface area contributed by atoms with Crippen molar-refractivity contribution in [1.29, 1.82) is 0 Å². The Balaban J connectivity index is 2.20. The smallest absolute Gasteiger partial charge is 0.312 e. The number of sulfone groups is 1. The number of rotatable bonds is 3. The number of aliphatic hydroxyl groups excluding tert-OH is 1. The number of hydrogen-bond donors (Lipinski definition) is 1. The van der Waals surface area contributed by atoms with E-state index in [1.54, 1.807) is 18.2 Å². The molecule has 1 N–H and O–H groups in total. The van der Waals surface area contributed by atoms with Gasteiger partial charge in [0.25, 0.3) is 0 Å². The number of benzene rings is 2. The highest BCUT2D eigenvalue weighted by Gasteiger charge is 2.58. The minimum Gasteiger partial charge on any atom is -0.382 e. The predicted octanol–water partition coefficient (Wildman–Crippen LogP) is 4.48. The van der Waals surface area contributed by atoms with Gasteiger partial charge in [-0.2, -0.15) is 8.78 Å². The summed E-state index contributed by atoms with van der Waals surface area (Å²) in [5.41, 5.74) is -0.804. The Morgan fingerprint density at radius 2 is 1.92 bits per heavy atom. The first-order chi connectivity index (χ1) is 12.1. The Morgan fingerprint density at radius 1 is 1.23 bits per heavy atom. The molecule has 136 valence electrons. The molecule has 2 aromatic rings. The lowest BCUT2D eigenvalue weighted by molar-refractivity contribution is -0.144. The van der Waals surface area contributed by atoms with Gasteiger partial charge >= 0.3 is 5.92 Å². The zero-order valence-electron chi connectivity index (χ0n) is 13.3. The van der Waals surface area contributed by atoms with E-state index in [1.165, 1.54) is 12.1 Å². The average Bonchev–Trinajstić information content (AvgIpc) is 2.75. The lowest BCUT2D eigenvalue weighted by Crippen LogP contribution is -2.24. The Labute approximate surface area is 152 Å². The average molecular weight is 399 g/mol. The first-order valence-electron chi connectivity index (χ1n) is 7.29. The van der Waals surface area contributed by atoms with Gasteiger partial charge in [-0.15, -0.1) is 0 Å². The van der Waals surface area contributed by atoms with Crippen LogP contribution in [0.5, 0.6) is 0 Å². The Bertz CT molecular complexity index is 1030. The molecule has 0 aromatic heterocycles. The summed E-state index contributed by atoms with van der Waals surface area (Å²) < 4.78 is 66.4. The van der Waals surface area contributed by atoms with E-state index in [0.717, 1.165) is 24.1 Å². The maximum absolute atomic E-state index is 14.5. The molecule has 9 heteroatoms. The fraction of sp³-hybridized carbons (Fsp3) is 0.235. The van der Waals surface area contributed by atoms with Gasteiger partial charge in [-0.05, 0) is 18.2 Å². The second kappa shape index (κ2) is 6.30. The lowest BCUT2D eigenvalue weighted by atomic mass is 10.1. The molecule has 0 amide bonds. The maximum atomic E-state index is 14.5. The maximum Gasteiger partial charge on any atom is 0.312 e. The zero-order valence-corrected chi connectivity index (χ0v) is 14.9. The molecule has 2 aromatic carbocycles. The van der Waals surface area contributed by atoms with Crippen molar-refractivity contribution in [3.05, 3.63) is 58.9 Å². The molecule has 3 rings (SSSR count). The molecular weight excluding hydrogens is 387 g/mol. The molecule has 0 bridgehead atoms. The van der Waals surface area contributed by atoms with Crippen molar-refractivity contribution in [3.8, 4) is 0 Å². The number of nitrogens with zero attached hydrogens (tertiary/aromatic N) is 1. The van der Waals surface area contributed by atoms with Crippen LogP contribution in [0.4, 0.5) is 18.9 Å². The number of hydrogen-bond acceptors (Lipinski definition) is 4. The minimum atomic E-state index is -4.13. The molecule has 1 aliphatic rings. The summed E-state index contributed by atoms with van der Waals surface area (Å²) in [4.78, 5) is 3.32. The summed E-state index contributed by atoms with van der Waals surface area (Å²) in [5.74, 6) is -4.13. The third kappa shape index (κ3) is 2.98. The highest BCUT2D eigenvalue weighted by molar-refractivity contribution is 7.99. The van der Waals surface area contributed by atoms with Gasteiger partial charge in [-0.1, -0.05) is 30.0 Å². The number of aliphatic hydroxyl groups is 1. The molecule has 0 saturated carbocycles. The summed E-state index contributed by atoms with van der Waals surface area (Å²) in [6.07, 6.45) is -4.57. The van der Waals surface area contributed by atoms with E-state index in [9.17, 15) is 26.7 Å². The van der Waals surface area contributed by atoms with E-state index in [-0.39, 0.29) is 4.90 Å². The van der Waals surface area contributed by atoms with E-state index in [2.05, 4.69) is 4.85 Å². The van der Waals surface area contributed by atoms with Gasteiger partial charge in [0.05, 0.1) is 11.5 Å². The minimum absolute atomic E-state index is 0.0678. The molecule has 0 unspecified atom stereocenters. The molecule has 0 radical (unpaired) electrons. The second-order valence-corrected chi connectivity index (χ2v) is 8.91. The standard InChI is InChI=1S/C17H12F3NO3S2/c1-21-9-4-3-5-10(8-9)25-11-6-7-12(26(2,23)24)14-13(11)15(18)17(19,20)16(14)22/h3-8,15-16,22H,2H3/t15-,16+/m1/s1. The van der Waals surface area contributed by atoms with Crippen LogP contribution in [0.3, 0.4) is 0 Å². The van der Waals surface area contributed by atoms with Crippen LogP contribution in [0.15, 0.2) is 51.1 Å². The lowest BCUT2D eigenvalue weighted by Gasteiger charge is -2.16. The number of fused-ring (bicyclic) bond motifs is 1. The molecule has 0 aliphatic heterocycles. The van der Waals surface area contributed by atoms with Gasteiger partial charge in [0, 0.05) is 27.2 Å². The Morgan fingerprint density at radius 3 is 2.54 bits per heavy atom. The van der Waals surface area contributed by atoms with Crippen LogP contribution in [0, 0.1) is 6.57 Å². The van der Waals surface area contributed by atoms with E-state index in [0.29, 0.717) is 10.6 Å². The molecule has 1 aliphatic carbocycles. The third-order valence-electron chi connectivity index (χ3n) is 4.01. The van der Waals surface area contributed by atoms with Crippen LogP contribution < -0.4 is 0 Å². The molecule has 0 spiro atoms. The summed E-state index contributed by atoms with van der Waals surface area (Å²) in [6.45, 7) is 7.01. The highest BCUT2D eigenvalue weighted by atomic mass is 32.2. The molecule has 0 heterocycles. The van der Waals surface area contributed by atoms with Crippen molar-refractivity contribution in [2.45, 2.75) is 32.9 Å². The van der Waals surface area contributed by atoms with E-state index in [1.807, 2.05) is 0 Å². The van der Waals surface area contributed by atoms with Crippen molar-refractivity contribution >= 4 is 27.3 Å². The number of alkyl halides is 3. The first-order valence-corrected chi connectivity index (χ1v) is 10.0. The normalized spacial score (nSPS) is 21.2.